The molecule has 0 radical (unpaired) electrons. The highest BCUT2D eigenvalue weighted by molar-refractivity contribution is 7.89. The van der Waals surface area contributed by atoms with Crippen LogP contribution in [-0.4, -0.2) is 8.42 Å². The zero-order valence-electron chi connectivity index (χ0n) is 11.1. The highest BCUT2D eigenvalue weighted by Gasteiger charge is 2.10. The number of rotatable bonds is 4. The van der Waals surface area contributed by atoms with Gasteiger partial charge in [0.15, 0.2) is 0 Å². The Morgan fingerprint density at radius 3 is 2.55 bits per heavy atom. The summed E-state index contributed by atoms with van der Waals surface area (Å²) in [5.41, 5.74) is 9.11. The van der Waals surface area contributed by atoms with E-state index < -0.39 is 10.0 Å². The second kappa shape index (κ2) is 5.52. The Balaban J connectivity index is 2.21. The normalized spacial score (nSPS) is 11.3. The average Bonchev–Trinajstić information content (AvgIpc) is 2.36. The fourth-order valence-corrected chi connectivity index (χ4v) is 2.42. The first-order chi connectivity index (χ1) is 9.36. The highest BCUT2D eigenvalue weighted by Crippen LogP contribution is 2.22. The molecule has 2 aromatic rings. The Bertz CT molecular complexity index is 727. The van der Waals surface area contributed by atoms with E-state index in [1.807, 2.05) is 31.2 Å². The number of nitrogens with one attached hydrogen (secondary N) is 1. The van der Waals surface area contributed by atoms with Crippen LogP contribution in [0.5, 0.6) is 0 Å². The number of sulfonamides is 1. The predicted octanol–water partition coefficient (Wildman–Crippen LogP) is 1.84. The minimum Gasteiger partial charge on any atom is -0.397 e. The van der Waals surface area contributed by atoms with Crippen molar-refractivity contribution in [2.75, 3.05) is 11.1 Å². The van der Waals surface area contributed by atoms with E-state index in [2.05, 4.69) is 5.32 Å². The average molecular weight is 291 g/mol. The Morgan fingerprint density at radius 2 is 1.90 bits per heavy atom. The molecule has 0 saturated carbocycles. The molecule has 0 aliphatic carbocycles. The van der Waals surface area contributed by atoms with Crippen LogP contribution in [0.4, 0.5) is 11.4 Å². The molecule has 106 valence electrons. The van der Waals surface area contributed by atoms with Crippen LogP contribution in [0.15, 0.2) is 47.4 Å². The number of nitrogens with two attached hydrogens (primary N) is 2. The highest BCUT2D eigenvalue weighted by atomic mass is 32.2. The predicted molar refractivity (Wildman–Crippen MR) is 80.7 cm³/mol. The number of nitrogen functional groups attached to an aromatic ring is 1. The SMILES string of the molecule is Cc1cccc(CNc2cc(S(N)(=O)=O)ccc2N)c1. The second-order valence-corrected chi connectivity index (χ2v) is 6.20. The largest absolute Gasteiger partial charge is 0.397 e. The summed E-state index contributed by atoms with van der Waals surface area (Å²) in [5, 5.41) is 8.23. The first kappa shape index (κ1) is 14.4. The lowest BCUT2D eigenvalue weighted by molar-refractivity contribution is 0.598. The van der Waals surface area contributed by atoms with Crippen LogP contribution in [0, 0.1) is 6.92 Å². The third-order valence-corrected chi connectivity index (χ3v) is 3.83. The van der Waals surface area contributed by atoms with Crippen LogP contribution < -0.4 is 16.2 Å². The van der Waals surface area contributed by atoms with Crippen LogP contribution in [0.3, 0.4) is 0 Å². The molecule has 20 heavy (non-hydrogen) atoms. The molecule has 0 aliphatic heterocycles. The van der Waals surface area contributed by atoms with Crippen LogP contribution in [0.1, 0.15) is 11.1 Å². The lowest BCUT2D eigenvalue weighted by Gasteiger charge is -2.11. The summed E-state index contributed by atoms with van der Waals surface area (Å²) in [6.07, 6.45) is 0. The molecule has 0 unspecified atom stereocenters. The Kier molecular flexibility index (Phi) is 3.96. The van der Waals surface area contributed by atoms with E-state index in [9.17, 15) is 8.42 Å². The van der Waals surface area contributed by atoms with Crippen LogP contribution in [-0.2, 0) is 16.6 Å². The molecule has 0 spiro atoms. The maximum absolute atomic E-state index is 11.3. The summed E-state index contributed by atoms with van der Waals surface area (Å²) >= 11 is 0. The van der Waals surface area contributed by atoms with E-state index in [-0.39, 0.29) is 4.90 Å². The molecule has 0 fully saturated rings. The summed E-state index contributed by atoms with van der Waals surface area (Å²) < 4.78 is 22.6. The molecule has 0 atom stereocenters. The smallest absolute Gasteiger partial charge is 0.238 e. The fourth-order valence-electron chi connectivity index (χ4n) is 1.88. The van der Waals surface area contributed by atoms with Crippen molar-refractivity contribution in [3.63, 3.8) is 0 Å². The Morgan fingerprint density at radius 1 is 1.15 bits per heavy atom. The molecular weight excluding hydrogens is 274 g/mol. The number of hydrogen-bond acceptors (Lipinski definition) is 4. The molecule has 0 aliphatic rings. The molecular formula is C14H17N3O2S. The quantitative estimate of drug-likeness (QED) is 0.748. The van der Waals surface area contributed by atoms with Gasteiger partial charge < -0.3 is 11.1 Å². The van der Waals surface area contributed by atoms with Crippen molar-refractivity contribution in [3.05, 3.63) is 53.6 Å². The monoisotopic (exact) mass is 291 g/mol. The van der Waals surface area contributed by atoms with E-state index >= 15 is 0 Å². The zero-order valence-corrected chi connectivity index (χ0v) is 11.9. The summed E-state index contributed by atoms with van der Waals surface area (Å²) in [5.74, 6) is 0. The van der Waals surface area contributed by atoms with Crippen LogP contribution in [0.2, 0.25) is 0 Å². The van der Waals surface area contributed by atoms with Gasteiger partial charge in [0.2, 0.25) is 10.0 Å². The van der Waals surface area contributed by atoms with Gasteiger partial charge in [-0.25, -0.2) is 13.6 Å². The van der Waals surface area contributed by atoms with Gasteiger partial charge in [0, 0.05) is 6.54 Å². The topological polar surface area (TPSA) is 98.2 Å². The van der Waals surface area contributed by atoms with Crippen molar-refractivity contribution in [1.29, 1.82) is 0 Å². The zero-order chi connectivity index (χ0) is 14.8. The van der Waals surface area contributed by atoms with Gasteiger partial charge in [0.25, 0.3) is 0 Å². The molecule has 6 heteroatoms. The number of primary sulfonamides is 1. The number of hydrogen-bond donors (Lipinski definition) is 3. The molecule has 5 nitrogen and oxygen atoms in total. The molecule has 0 bridgehead atoms. The van der Waals surface area contributed by atoms with E-state index in [4.69, 9.17) is 10.9 Å². The maximum Gasteiger partial charge on any atom is 0.238 e. The van der Waals surface area contributed by atoms with Gasteiger partial charge in [-0.1, -0.05) is 29.8 Å². The Hall–Kier alpha value is -2.05. The lowest BCUT2D eigenvalue weighted by atomic mass is 10.1. The van der Waals surface area contributed by atoms with Gasteiger partial charge >= 0.3 is 0 Å². The number of anilines is 2. The van der Waals surface area contributed by atoms with Crippen molar-refractivity contribution < 1.29 is 8.42 Å². The molecule has 0 heterocycles. The van der Waals surface area contributed by atoms with Gasteiger partial charge in [0.1, 0.15) is 0 Å². The van der Waals surface area contributed by atoms with Gasteiger partial charge in [-0.2, -0.15) is 0 Å². The van der Waals surface area contributed by atoms with E-state index in [1.165, 1.54) is 18.2 Å². The maximum atomic E-state index is 11.3. The van der Waals surface area contributed by atoms with Gasteiger partial charge in [0.05, 0.1) is 16.3 Å². The first-order valence-corrected chi connectivity index (χ1v) is 7.62. The third-order valence-electron chi connectivity index (χ3n) is 2.92. The molecule has 0 amide bonds. The van der Waals surface area contributed by atoms with Gasteiger partial charge in [-0.15, -0.1) is 0 Å². The number of aryl methyl sites for hydroxylation is 1. The van der Waals surface area contributed by atoms with Crippen LogP contribution >= 0.6 is 0 Å². The van der Waals surface area contributed by atoms with Crippen molar-refractivity contribution in [2.24, 2.45) is 5.14 Å². The molecule has 5 N–H and O–H groups in total. The molecule has 0 aromatic heterocycles. The molecule has 2 aromatic carbocycles. The lowest BCUT2D eigenvalue weighted by Crippen LogP contribution is -2.13. The first-order valence-electron chi connectivity index (χ1n) is 6.08. The third kappa shape index (κ3) is 3.49. The van der Waals surface area contributed by atoms with Crippen LogP contribution in [0.25, 0.3) is 0 Å². The summed E-state index contributed by atoms with van der Waals surface area (Å²) in [4.78, 5) is 0.0402. The summed E-state index contributed by atoms with van der Waals surface area (Å²) in [7, 11) is -3.73. The van der Waals surface area contributed by atoms with Crippen molar-refractivity contribution in [2.45, 2.75) is 18.4 Å². The minimum atomic E-state index is -3.73. The Labute approximate surface area is 118 Å². The fraction of sp³-hybridized carbons (Fsp3) is 0.143. The summed E-state index contributed by atoms with van der Waals surface area (Å²) in [6, 6.07) is 12.4. The summed E-state index contributed by atoms with van der Waals surface area (Å²) in [6.45, 7) is 2.57. The van der Waals surface area contributed by atoms with Gasteiger partial charge in [-0.05, 0) is 30.7 Å². The molecule has 0 saturated heterocycles. The second-order valence-electron chi connectivity index (χ2n) is 4.64. The van der Waals surface area contributed by atoms with Crippen molar-refractivity contribution >= 4 is 21.4 Å². The standard InChI is InChI=1S/C14H17N3O2S/c1-10-3-2-4-11(7-10)9-17-14-8-12(20(16,18)19)5-6-13(14)15/h2-8,17H,9,15H2,1H3,(H2,16,18,19). The van der Waals surface area contributed by atoms with E-state index in [1.54, 1.807) is 0 Å². The number of benzene rings is 2. The minimum absolute atomic E-state index is 0.0402. The van der Waals surface area contributed by atoms with E-state index in [0.717, 1.165) is 11.1 Å². The van der Waals surface area contributed by atoms with Crippen molar-refractivity contribution in [3.8, 4) is 0 Å². The molecule has 2 rings (SSSR count). The van der Waals surface area contributed by atoms with Gasteiger partial charge in [-0.3, -0.25) is 0 Å². The van der Waals surface area contributed by atoms with Crippen molar-refractivity contribution in [1.82, 2.24) is 0 Å². The van der Waals surface area contributed by atoms with E-state index in [0.29, 0.717) is 17.9 Å².